The number of nitrogens with zero attached hydrogens (tertiary/aromatic N) is 3. The van der Waals surface area contributed by atoms with Gasteiger partial charge in [-0.3, -0.25) is 4.57 Å². The first-order chi connectivity index (χ1) is 12.8. The fourth-order valence-electron chi connectivity index (χ4n) is 3.29. The molecule has 3 heterocycles. The Hall–Kier alpha value is -3.09. The first-order valence-corrected chi connectivity index (χ1v) is 8.39. The SMILES string of the molecule is Cc1noc(C)c1-n1cc(Cc2ccc(C(F)(F)F)cc2)c2cccnc21. The van der Waals surface area contributed by atoms with Crippen LogP contribution in [0.4, 0.5) is 13.2 Å². The molecule has 138 valence electrons. The van der Waals surface area contributed by atoms with E-state index in [1.807, 2.05) is 36.7 Å². The minimum atomic E-state index is -4.33. The van der Waals surface area contributed by atoms with E-state index in [2.05, 4.69) is 10.1 Å². The number of alkyl halides is 3. The third-order valence-corrected chi connectivity index (χ3v) is 4.56. The van der Waals surface area contributed by atoms with E-state index in [1.165, 1.54) is 12.1 Å². The van der Waals surface area contributed by atoms with Crippen LogP contribution < -0.4 is 0 Å². The maximum atomic E-state index is 12.8. The van der Waals surface area contributed by atoms with Crippen molar-refractivity contribution in [2.24, 2.45) is 0 Å². The molecular formula is C20H16F3N3O. The van der Waals surface area contributed by atoms with Gasteiger partial charge in [-0.15, -0.1) is 0 Å². The Morgan fingerprint density at radius 3 is 2.44 bits per heavy atom. The summed E-state index contributed by atoms with van der Waals surface area (Å²) in [6, 6.07) is 9.05. The molecule has 0 bridgehead atoms. The van der Waals surface area contributed by atoms with Gasteiger partial charge in [-0.25, -0.2) is 4.98 Å². The van der Waals surface area contributed by atoms with Crippen LogP contribution in [0.15, 0.2) is 53.3 Å². The Kier molecular flexibility index (Phi) is 4.02. The van der Waals surface area contributed by atoms with Gasteiger partial charge in [0.25, 0.3) is 0 Å². The highest BCUT2D eigenvalue weighted by Gasteiger charge is 2.30. The summed E-state index contributed by atoms with van der Waals surface area (Å²) in [5, 5.41) is 4.94. The van der Waals surface area contributed by atoms with Gasteiger partial charge in [0.1, 0.15) is 17.0 Å². The normalized spacial score (nSPS) is 12.0. The number of aromatic nitrogens is 3. The number of hydrogen-bond donors (Lipinski definition) is 0. The number of aryl methyl sites for hydroxylation is 2. The van der Waals surface area contributed by atoms with E-state index in [-0.39, 0.29) is 0 Å². The zero-order valence-electron chi connectivity index (χ0n) is 14.7. The van der Waals surface area contributed by atoms with E-state index in [0.717, 1.165) is 45.7 Å². The summed E-state index contributed by atoms with van der Waals surface area (Å²) in [4.78, 5) is 4.47. The van der Waals surface area contributed by atoms with Crippen LogP contribution in [0.2, 0.25) is 0 Å². The topological polar surface area (TPSA) is 43.9 Å². The van der Waals surface area contributed by atoms with Crippen molar-refractivity contribution in [2.75, 3.05) is 0 Å². The van der Waals surface area contributed by atoms with Crippen LogP contribution >= 0.6 is 0 Å². The number of fused-ring (bicyclic) bond motifs is 1. The average Bonchev–Trinajstić information content (AvgIpc) is 3.15. The number of halogens is 3. The standard InChI is InChI=1S/C20H16F3N3O/c1-12-18(13(2)27-25-12)26-11-15(17-4-3-9-24-19(17)26)10-14-5-7-16(8-6-14)20(21,22)23/h3-9,11H,10H2,1-2H3. The molecule has 1 aromatic carbocycles. The zero-order chi connectivity index (χ0) is 19.2. The Labute approximate surface area is 153 Å². The molecule has 0 amide bonds. The lowest BCUT2D eigenvalue weighted by atomic mass is 10.0. The molecule has 0 aliphatic rings. The summed E-state index contributed by atoms with van der Waals surface area (Å²) in [6.45, 7) is 3.69. The Morgan fingerprint density at radius 2 is 1.81 bits per heavy atom. The molecule has 0 unspecified atom stereocenters. The minimum Gasteiger partial charge on any atom is -0.359 e. The summed E-state index contributed by atoms with van der Waals surface area (Å²) in [5.41, 5.74) is 3.45. The van der Waals surface area contributed by atoms with Crippen LogP contribution in [0, 0.1) is 13.8 Å². The Balaban J connectivity index is 1.77. The fraction of sp³-hybridized carbons (Fsp3) is 0.200. The lowest BCUT2D eigenvalue weighted by Gasteiger charge is -2.07. The molecule has 0 saturated heterocycles. The second kappa shape index (κ2) is 6.26. The Bertz CT molecular complexity index is 1090. The van der Waals surface area contributed by atoms with Gasteiger partial charge >= 0.3 is 6.18 Å². The number of benzene rings is 1. The molecule has 0 aliphatic carbocycles. The first kappa shape index (κ1) is 17.3. The van der Waals surface area contributed by atoms with Gasteiger partial charge in [-0.05, 0) is 55.7 Å². The predicted octanol–water partition coefficient (Wildman–Crippen LogP) is 5.24. The molecule has 27 heavy (non-hydrogen) atoms. The monoisotopic (exact) mass is 371 g/mol. The van der Waals surface area contributed by atoms with Gasteiger partial charge in [0.15, 0.2) is 5.76 Å². The number of rotatable bonds is 3. The third kappa shape index (κ3) is 3.09. The van der Waals surface area contributed by atoms with Gasteiger partial charge < -0.3 is 4.52 Å². The van der Waals surface area contributed by atoms with Crippen LogP contribution in [-0.4, -0.2) is 14.7 Å². The molecule has 0 aliphatic heterocycles. The van der Waals surface area contributed by atoms with Crippen molar-refractivity contribution in [2.45, 2.75) is 26.4 Å². The summed E-state index contributed by atoms with van der Waals surface area (Å²) < 4.78 is 45.5. The molecule has 0 radical (unpaired) electrons. The van der Waals surface area contributed by atoms with Crippen LogP contribution in [0.5, 0.6) is 0 Å². The van der Waals surface area contributed by atoms with Crippen molar-refractivity contribution in [3.05, 3.63) is 76.9 Å². The van der Waals surface area contributed by atoms with Crippen molar-refractivity contribution in [1.82, 2.24) is 14.7 Å². The van der Waals surface area contributed by atoms with Crippen molar-refractivity contribution < 1.29 is 17.7 Å². The van der Waals surface area contributed by atoms with E-state index in [1.54, 1.807) is 6.20 Å². The molecule has 4 aromatic rings. The molecule has 4 nitrogen and oxygen atoms in total. The van der Waals surface area contributed by atoms with E-state index in [4.69, 9.17) is 4.52 Å². The number of pyridine rings is 1. The van der Waals surface area contributed by atoms with E-state index >= 15 is 0 Å². The molecule has 4 rings (SSSR count). The molecule has 7 heteroatoms. The van der Waals surface area contributed by atoms with Crippen LogP contribution in [-0.2, 0) is 12.6 Å². The highest BCUT2D eigenvalue weighted by Crippen LogP contribution is 2.31. The minimum absolute atomic E-state index is 0.497. The quantitative estimate of drug-likeness (QED) is 0.495. The molecular weight excluding hydrogens is 355 g/mol. The summed E-state index contributed by atoms with van der Waals surface area (Å²) in [7, 11) is 0. The molecule has 0 saturated carbocycles. The Morgan fingerprint density at radius 1 is 1.07 bits per heavy atom. The number of hydrogen-bond acceptors (Lipinski definition) is 3. The molecule has 0 fully saturated rings. The highest BCUT2D eigenvalue weighted by atomic mass is 19.4. The highest BCUT2D eigenvalue weighted by molar-refractivity contribution is 5.82. The van der Waals surface area contributed by atoms with Crippen molar-refractivity contribution in [3.63, 3.8) is 0 Å². The van der Waals surface area contributed by atoms with Crippen LogP contribution in [0.25, 0.3) is 16.7 Å². The largest absolute Gasteiger partial charge is 0.416 e. The van der Waals surface area contributed by atoms with Crippen LogP contribution in [0.1, 0.15) is 28.1 Å². The second-order valence-corrected chi connectivity index (χ2v) is 6.44. The van der Waals surface area contributed by atoms with Gasteiger partial charge in [0, 0.05) is 17.8 Å². The third-order valence-electron chi connectivity index (χ3n) is 4.56. The van der Waals surface area contributed by atoms with Crippen LogP contribution in [0.3, 0.4) is 0 Å². The van der Waals surface area contributed by atoms with Gasteiger partial charge in [0.05, 0.1) is 5.56 Å². The van der Waals surface area contributed by atoms with Gasteiger partial charge in [0.2, 0.25) is 0 Å². The average molecular weight is 371 g/mol. The summed E-state index contributed by atoms with van der Waals surface area (Å²) >= 11 is 0. The molecule has 0 N–H and O–H groups in total. The summed E-state index contributed by atoms with van der Waals surface area (Å²) in [6.07, 6.45) is -0.181. The van der Waals surface area contributed by atoms with E-state index in [0.29, 0.717) is 12.2 Å². The second-order valence-electron chi connectivity index (χ2n) is 6.44. The lowest BCUT2D eigenvalue weighted by molar-refractivity contribution is -0.137. The van der Waals surface area contributed by atoms with Crippen molar-refractivity contribution in [1.29, 1.82) is 0 Å². The first-order valence-electron chi connectivity index (χ1n) is 8.39. The summed E-state index contributed by atoms with van der Waals surface area (Å²) in [5.74, 6) is 0.677. The predicted molar refractivity (Wildman–Crippen MR) is 94.9 cm³/mol. The molecule has 0 spiro atoms. The van der Waals surface area contributed by atoms with Crippen molar-refractivity contribution in [3.8, 4) is 5.69 Å². The maximum absolute atomic E-state index is 12.8. The van der Waals surface area contributed by atoms with Crippen molar-refractivity contribution >= 4 is 11.0 Å². The molecule has 0 atom stereocenters. The fourth-order valence-corrected chi connectivity index (χ4v) is 3.29. The maximum Gasteiger partial charge on any atom is 0.416 e. The smallest absolute Gasteiger partial charge is 0.359 e. The van der Waals surface area contributed by atoms with Gasteiger partial charge in [-0.2, -0.15) is 13.2 Å². The van der Waals surface area contributed by atoms with E-state index in [9.17, 15) is 13.2 Å². The zero-order valence-corrected chi connectivity index (χ0v) is 14.7. The lowest BCUT2D eigenvalue weighted by Crippen LogP contribution is -2.04. The molecule has 3 aromatic heterocycles. The van der Waals surface area contributed by atoms with E-state index < -0.39 is 11.7 Å². The van der Waals surface area contributed by atoms with Gasteiger partial charge in [-0.1, -0.05) is 17.3 Å².